The van der Waals surface area contributed by atoms with Crippen LogP contribution in [0.3, 0.4) is 0 Å². The molecule has 3 rings (SSSR count). The fourth-order valence-corrected chi connectivity index (χ4v) is 3.14. The van der Waals surface area contributed by atoms with Crippen molar-refractivity contribution in [3.8, 4) is 11.5 Å². The molecule has 0 radical (unpaired) electrons. The third-order valence-electron chi connectivity index (χ3n) is 4.38. The number of nitrogens with zero attached hydrogens (tertiary/aromatic N) is 2. The van der Waals surface area contributed by atoms with Gasteiger partial charge in [0.15, 0.2) is 0 Å². The van der Waals surface area contributed by atoms with Gasteiger partial charge in [0.05, 0.1) is 26.0 Å². The summed E-state index contributed by atoms with van der Waals surface area (Å²) in [7, 11) is 3.23. The molecule has 1 heterocycles. The average molecular weight is 338 g/mol. The zero-order valence-corrected chi connectivity index (χ0v) is 14.9. The molecular weight excluding hydrogens is 316 g/mol. The second kappa shape index (κ2) is 6.97. The molecule has 0 fully saturated rings. The Morgan fingerprint density at radius 3 is 2.60 bits per heavy atom. The first-order valence-corrected chi connectivity index (χ1v) is 8.19. The zero-order chi connectivity index (χ0) is 18.0. The van der Waals surface area contributed by atoms with E-state index in [4.69, 9.17) is 9.47 Å². The van der Waals surface area contributed by atoms with Crippen LogP contribution in [0.25, 0.3) is 0 Å². The summed E-state index contributed by atoms with van der Waals surface area (Å²) >= 11 is 0. The molecule has 0 unspecified atom stereocenters. The van der Waals surface area contributed by atoms with Gasteiger partial charge in [-0.3, -0.25) is 4.79 Å². The summed E-state index contributed by atoms with van der Waals surface area (Å²) in [5.74, 6) is 1.31. The largest absolute Gasteiger partial charge is 0.497 e. The van der Waals surface area contributed by atoms with Gasteiger partial charge in [-0.15, -0.1) is 0 Å². The van der Waals surface area contributed by atoms with Crippen molar-refractivity contribution in [1.82, 2.24) is 5.01 Å². The summed E-state index contributed by atoms with van der Waals surface area (Å²) in [6, 6.07) is 13.6. The maximum absolute atomic E-state index is 12.1. The van der Waals surface area contributed by atoms with E-state index in [9.17, 15) is 4.79 Å². The second-order valence-electron chi connectivity index (χ2n) is 6.11. The molecule has 2 aromatic carbocycles. The topological polar surface area (TPSA) is 51.1 Å². The number of carbonyl (C=O) groups excluding carboxylic acids is 1. The smallest absolute Gasteiger partial charge is 0.240 e. The highest BCUT2D eigenvalue weighted by atomic mass is 16.5. The lowest BCUT2D eigenvalue weighted by Crippen LogP contribution is -2.24. The molecule has 0 aliphatic carbocycles. The summed E-state index contributed by atoms with van der Waals surface area (Å²) in [4.78, 5) is 12.1. The van der Waals surface area contributed by atoms with Crippen molar-refractivity contribution in [1.29, 1.82) is 0 Å². The van der Waals surface area contributed by atoms with Crippen LogP contribution in [0.4, 0.5) is 0 Å². The Bertz CT molecular complexity index is 829. The minimum atomic E-state index is -0.186. The minimum absolute atomic E-state index is 0.0921. The molecule has 1 aliphatic rings. The van der Waals surface area contributed by atoms with Crippen LogP contribution in [-0.2, 0) is 4.79 Å². The van der Waals surface area contributed by atoms with Crippen molar-refractivity contribution in [2.75, 3.05) is 14.2 Å². The van der Waals surface area contributed by atoms with E-state index in [2.05, 4.69) is 11.2 Å². The number of hydrazone groups is 1. The Kier molecular flexibility index (Phi) is 4.74. The number of carbonyl (C=O) groups is 1. The molecule has 1 atom stereocenters. The van der Waals surface area contributed by atoms with Gasteiger partial charge in [-0.2, -0.15) is 5.10 Å². The number of benzene rings is 2. The molecule has 5 heteroatoms. The van der Waals surface area contributed by atoms with Crippen molar-refractivity contribution in [3.63, 3.8) is 0 Å². The Labute approximate surface area is 147 Å². The summed E-state index contributed by atoms with van der Waals surface area (Å²) in [6.45, 7) is 3.58. The van der Waals surface area contributed by atoms with Crippen LogP contribution in [0.15, 0.2) is 47.6 Å². The highest BCUT2D eigenvalue weighted by molar-refractivity contribution is 6.03. The van der Waals surface area contributed by atoms with Gasteiger partial charge < -0.3 is 9.47 Å². The molecule has 0 N–H and O–H groups in total. The molecule has 0 spiro atoms. The van der Waals surface area contributed by atoms with Crippen LogP contribution in [0, 0.1) is 6.92 Å². The van der Waals surface area contributed by atoms with E-state index in [1.165, 1.54) is 12.5 Å². The van der Waals surface area contributed by atoms with E-state index in [0.29, 0.717) is 17.9 Å². The van der Waals surface area contributed by atoms with Crippen molar-refractivity contribution >= 4 is 11.6 Å². The van der Waals surface area contributed by atoms with E-state index in [0.717, 1.165) is 16.8 Å². The van der Waals surface area contributed by atoms with Gasteiger partial charge in [-0.25, -0.2) is 5.01 Å². The molecule has 0 saturated carbocycles. The van der Waals surface area contributed by atoms with Gasteiger partial charge in [-0.05, 0) is 24.6 Å². The lowest BCUT2D eigenvalue weighted by Gasteiger charge is -2.22. The number of rotatable bonds is 4. The Morgan fingerprint density at radius 1 is 1.16 bits per heavy atom. The quantitative estimate of drug-likeness (QED) is 0.854. The number of hydrogen-bond acceptors (Lipinski definition) is 4. The predicted molar refractivity (Wildman–Crippen MR) is 97.1 cm³/mol. The lowest BCUT2D eigenvalue weighted by atomic mass is 9.97. The van der Waals surface area contributed by atoms with E-state index in [1.807, 2.05) is 43.3 Å². The molecule has 1 amide bonds. The van der Waals surface area contributed by atoms with Gasteiger partial charge in [0.25, 0.3) is 0 Å². The van der Waals surface area contributed by atoms with Gasteiger partial charge in [0, 0.05) is 25.0 Å². The van der Waals surface area contributed by atoms with Crippen molar-refractivity contribution < 1.29 is 14.3 Å². The predicted octanol–water partition coefficient (Wildman–Crippen LogP) is 3.71. The first kappa shape index (κ1) is 17.0. The Balaban J connectivity index is 1.99. The lowest BCUT2D eigenvalue weighted by molar-refractivity contribution is -0.130. The van der Waals surface area contributed by atoms with Gasteiger partial charge in [0.1, 0.15) is 11.5 Å². The second-order valence-corrected chi connectivity index (χ2v) is 6.11. The minimum Gasteiger partial charge on any atom is -0.497 e. The molecule has 2 aromatic rings. The van der Waals surface area contributed by atoms with E-state index >= 15 is 0 Å². The van der Waals surface area contributed by atoms with Gasteiger partial charge >= 0.3 is 0 Å². The monoisotopic (exact) mass is 338 g/mol. The Morgan fingerprint density at radius 2 is 1.96 bits per heavy atom. The standard InChI is InChI=1S/C20H22N2O3/c1-13-6-5-7-15(10-13)18-12-19(22(21-18)14(2)23)17-9-8-16(24-3)11-20(17)25-4/h5-11,19H,12H2,1-4H3/t19-/m1/s1. The zero-order valence-electron chi connectivity index (χ0n) is 14.9. The number of hydrogen-bond donors (Lipinski definition) is 0. The molecule has 0 aromatic heterocycles. The SMILES string of the molecule is COc1ccc([C@H]2CC(c3cccc(C)c3)=NN2C(C)=O)c(OC)c1. The molecule has 25 heavy (non-hydrogen) atoms. The van der Waals surface area contributed by atoms with E-state index < -0.39 is 0 Å². The van der Waals surface area contributed by atoms with Crippen LogP contribution >= 0.6 is 0 Å². The van der Waals surface area contributed by atoms with Crippen molar-refractivity contribution in [3.05, 3.63) is 59.2 Å². The summed E-state index contributed by atoms with van der Waals surface area (Å²) in [5.41, 5.74) is 4.04. The third-order valence-corrected chi connectivity index (χ3v) is 4.38. The number of ether oxygens (including phenoxy) is 2. The maximum Gasteiger partial charge on any atom is 0.240 e. The van der Waals surface area contributed by atoms with Crippen LogP contribution in [0.1, 0.15) is 36.1 Å². The summed E-state index contributed by atoms with van der Waals surface area (Å²) < 4.78 is 10.8. The molecule has 5 nitrogen and oxygen atoms in total. The third kappa shape index (κ3) is 3.36. The first-order valence-electron chi connectivity index (χ1n) is 8.19. The maximum atomic E-state index is 12.1. The normalized spacial score (nSPS) is 16.6. The molecule has 1 aliphatic heterocycles. The van der Waals surface area contributed by atoms with Crippen molar-refractivity contribution in [2.45, 2.75) is 26.3 Å². The molecule has 0 saturated heterocycles. The highest BCUT2D eigenvalue weighted by Crippen LogP contribution is 2.39. The molecule has 130 valence electrons. The van der Waals surface area contributed by atoms with Crippen LogP contribution in [-0.4, -0.2) is 30.8 Å². The first-order chi connectivity index (χ1) is 12.0. The number of amides is 1. The van der Waals surface area contributed by atoms with Crippen LogP contribution < -0.4 is 9.47 Å². The van der Waals surface area contributed by atoms with Gasteiger partial charge in [-0.1, -0.05) is 29.8 Å². The fraction of sp³-hybridized carbons (Fsp3) is 0.300. The summed E-state index contributed by atoms with van der Waals surface area (Å²) in [6.07, 6.45) is 0.645. The molecule has 0 bridgehead atoms. The Hall–Kier alpha value is -2.82. The number of aryl methyl sites for hydroxylation is 1. The summed E-state index contributed by atoms with van der Waals surface area (Å²) in [5, 5.41) is 6.13. The van der Waals surface area contributed by atoms with Crippen molar-refractivity contribution in [2.24, 2.45) is 5.10 Å². The average Bonchev–Trinajstić information content (AvgIpc) is 3.06. The van der Waals surface area contributed by atoms with Crippen LogP contribution in [0.2, 0.25) is 0 Å². The fourth-order valence-electron chi connectivity index (χ4n) is 3.14. The van der Waals surface area contributed by atoms with E-state index in [1.54, 1.807) is 19.2 Å². The van der Waals surface area contributed by atoms with E-state index in [-0.39, 0.29) is 11.9 Å². The van der Waals surface area contributed by atoms with Crippen LogP contribution in [0.5, 0.6) is 11.5 Å². The number of methoxy groups -OCH3 is 2. The highest BCUT2D eigenvalue weighted by Gasteiger charge is 2.33. The molecular formula is C20H22N2O3. The van der Waals surface area contributed by atoms with Gasteiger partial charge in [0.2, 0.25) is 5.91 Å².